The van der Waals surface area contributed by atoms with Crippen LogP contribution in [0.5, 0.6) is 5.75 Å². The summed E-state index contributed by atoms with van der Waals surface area (Å²) in [7, 11) is -3.11. The molecule has 19 heavy (non-hydrogen) atoms. The highest BCUT2D eigenvalue weighted by Crippen LogP contribution is 2.26. The first-order chi connectivity index (χ1) is 8.75. The van der Waals surface area contributed by atoms with Crippen LogP contribution in [0.15, 0.2) is 18.2 Å². The summed E-state index contributed by atoms with van der Waals surface area (Å²) in [5.41, 5.74) is 7.31. The van der Waals surface area contributed by atoms with Gasteiger partial charge in [0.15, 0.2) is 9.84 Å². The van der Waals surface area contributed by atoms with Crippen LogP contribution < -0.4 is 10.5 Å². The third-order valence-corrected chi connectivity index (χ3v) is 5.06. The molecule has 2 N–H and O–H groups in total. The van der Waals surface area contributed by atoms with Crippen LogP contribution in [0.3, 0.4) is 0 Å². The first-order valence-electron chi connectivity index (χ1n) is 6.49. The summed E-state index contributed by atoms with van der Waals surface area (Å²) in [5, 5.41) is 0. The average Bonchev–Trinajstić information content (AvgIpc) is 2.70. The molecule has 1 aliphatic heterocycles. The summed E-state index contributed by atoms with van der Waals surface area (Å²) >= 11 is 0. The van der Waals surface area contributed by atoms with Gasteiger partial charge in [0.1, 0.15) is 5.75 Å². The number of rotatable bonds is 5. The number of ether oxygens (including phenoxy) is 1. The maximum Gasteiger partial charge on any atom is 0.152 e. The zero-order valence-electron chi connectivity index (χ0n) is 11.5. The summed E-state index contributed by atoms with van der Waals surface area (Å²) in [5.74, 6) is 1.09. The number of sulfone groups is 1. The highest BCUT2D eigenvalue weighted by atomic mass is 32.2. The lowest BCUT2D eigenvalue weighted by Gasteiger charge is -2.18. The van der Waals surface area contributed by atoms with Crippen LogP contribution in [0, 0.1) is 0 Å². The zero-order chi connectivity index (χ0) is 14.1. The van der Waals surface area contributed by atoms with Crippen LogP contribution >= 0.6 is 0 Å². The Labute approximate surface area is 114 Å². The highest BCUT2D eigenvalue weighted by Gasteiger charge is 2.22. The fraction of sp³-hybridized carbons (Fsp3) is 0.571. The Bertz CT molecular complexity index is 559. The van der Waals surface area contributed by atoms with Crippen molar-refractivity contribution >= 4 is 9.84 Å². The van der Waals surface area contributed by atoms with Crippen molar-refractivity contribution in [2.24, 2.45) is 5.73 Å². The lowest BCUT2D eigenvalue weighted by atomic mass is 10.1. The topological polar surface area (TPSA) is 69.4 Å². The first kappa shape index (κ1) is 14.3. The molecule has 0 radical (unpaired) electrons. The third kappa shape index (κ3) is 4.21. The van der Waals surface area contributed by atoms with E-state index in [-0.39, 0.29) is 11.5 Å². The summed E-state index contributed by atoms with van der Waals surface area (Å²) in [6, 6.07) is 5.91. The minimum Gasteiger partial charge on any atom is -0.493 e. The van der Waals surface area contributed by atoms with E-state index in [1.165, 1.54) is 5.56 Å². The van der Waals surface area contributed by atoms with Crippen molar-refractivity contribution in [1.82, 2.24) is 0 Å². The SMILES string of the molecule is CC(C)(N)CS(=O)(=O)CCc1ccc2c(c1)CCO2. The molecule has 0 aliphatic carbocycles. The standard InChI is InChI=1S/C14H21NO3S/c1-14(2,15)10-19(16,17)8-6-11-3-4-13-12(9-11)5-7-18-13/h3-4,9H,5-8,10,15H2,1-2H3. The molecule has 0 atom stereocenters. The van der Waals surface area contributed by atoms with E-state index in [4.69, 9.17) is 10.5 Å². The molecule has 0 saturated carbocycles. The van der Waals surface area contributed by atoms with Crippen LogP contribution in [-0.4, -0.2) is 32.1 Å². The van der Waals surface area contributed by atoms with E-state index in [1.54, 1.807) is 13.8 Å². The largest absolute Gasteiger partial charge is 0.493 e. The lowest BCUT2D eigenvalue weighted by Crippen LogP contribution is -2.40. The van der Waals surface area contributed by atoms with Crippen molar-refractivity contribution in [2.75, 3.05) is 18.1 Å². The van der Waals surface area contributed by atoms with Crippen molar-refractivity contribution in [2.45, 2.75) is 32.2 Å². The normalized spacial score (nSPS) is 15.1. The maximum absolute atomic E-state index is 11.9. The van der Waals surface area contributed by atoms with Gasteiger partial charge in [-0.15, -0.1) is 0 Å². The van der Waals surface area contributed by atoms with Gasteiger partial charge in [-0.25, -0.2) is 8.42 Å². The van der Waals surface area contributed by atoms with Crippen LogP contribution in [0.4, 0.5) is 0 Å². The van der Waals surface area contributed by atoms with Crippen molar-refractivity contribution in [1.29, 1.82) is 0 Å². The van der Waals surface area contributed by atoms with E-state index in [9.17, 15) is 8.42 Å². The Balaban J connectivity index is 1.99. The number of aryl methyl sites for hydroxylation is 1. The molecule has 0 fully saturated rings. The average molecular weight is 283 g/mol. The molecule has 1 heterocycles. The minimum atomic E-state index is -3.11. The fourth-order valence-corrected chi connectivity index (χ4v) is 4.13. The number of hydrogen-bond donors (Lipinski definition) is 1. The van der Waals surface area contributed by atoms with Crippen LogP contribution in [0.25, 0.3) is 0 Å². The molecule has 0 spiro atoms. The molecule has 1 aromatic rings. The molecule has 5 heteroatoms. The van der Waals surface area contributed by atoms with Gasteiger partial charge in [-0.2, -0.15) is 0 Å². The smallest absolute Gasteiger partial charge is 0.152 e. The van der Waals surface area contributed by atoms with Gasteiger partial charge in [-0.3, -0.25) is 0 Å². The molecule has 106 valence electrons. The number of benzene rings is 1. The molecule has 2 rings (SSSR count). The number of nitrogens with two attached hydrogens (primary N) is 1. The van der Waals surface area contributed by atoms with E-state index in [1.807, 2.05) is 18.2 Å². The van der Waals surface area contributed by atoms with E-state index in [2.05, 4.69) is 0 Å². The van der Waals surface area contributed by atoms with Crippen molar-refractivity contribution < 1.29 is 13.2 Å². The fourth-order valence-electron chi connectivity index (χ4n) is 2.31. The van der Waals surface area contributed by atoms with E-state index in [0.29, 0.717) is 6.42 Å². The maximum atomic E-state index is 11.9. The Morgan fingerprint density at radius 2 is 2.11 bits per heavy atom. The second kappa shape index (κ2) is 5.13. The molecular weight excluding hydrogens is 262 g/mol. The van der Waals surface area contributed by atoms with E-state index < -0.39 is 15.4 Å². The van der Waals surface area contributed by atoms with Gasteiger partial charge >= 0.3 is 0 Å². The summed E-state index contributed by atoms with van der Waals surface area (Å²) in [4.78, 5) is 0. The first-order valence-corrected chi connectivity index (χ1v) is 8.31. The van der Waals surface area contributed by atoms with Crippen LogP contribution in [-0.2, 0) is 22.7 Å². The number of fused-ring (bicyclic) bond motifs is 1. The van der Waals surface area contributed by atoms with Crippen LogP contribution in [0.1, 0.15) is 25.0 Å². The van der Waals surface area contributed by atoms with Gasteiger partial charge in [0.05, 0.1) is 18.1 Å². The Morgan fingerprint density at radius 1 is 1.37 bits per heavy atom. The Kier molecular flexibility index (Phi) is 3.87. The van der Waals surface area contributed by atoms with Gasteiger partial charge in [0.25, 0.3) is 0 Å². The van der Waals surface area contributed by atoms with Gasteiger partial charge in [-0.05, 0) is 37.5 Å². The predicted octanol–water partition coefficient (Wildman–Crippen LogP) is 1.32. The summed E-state index contributed by atoms with van der Waals surface area (Å²) in [6.07, 6.45) is 1.44. The highest BCUT2D eigenvalue weighted by molar-refractivity contribution is 7.91. The summed E-state index contributed by atoms with van der Waals surface area (Å²) in [6.45, 7) is 4.19. The molecule has 0 unspecified atom stereocenters. The summed E-state index contributed by atoms with van der Waals surface area (Å²) < 4.78 is 29.3. The van der Waals surface area contributed by atoms with Crippen LogP contribution in [0.2, 0.25) is 0 Å². The van der Waals surface area contributed by atoms with Gasteiger partial charge in [-0.1, -0.05) is 12.1 Å². The van der Waals surface area contributed by atoms with Gasteiger partial charge in [0, 0.05) is 12.0 Å². The molecular formula is C14H21NO3S. The van der Waals surface area contributed by atoms with Crippen molar-refractivity contribution in [3.05, 3.63) is 29.3 Å². The predicted molar refractivity (Wildman–Crippen MR) is 76.3 cm³/mol. The molecule has 0 amide bonds. The molecule has 0 aromatic heterocycles. The van der Waals surface area contributed by atoms with Gasteiger partial charge in [0.2, 0.25) is 0 Å². The Morgan fingerprint density at radius 3 is 2.79 bits per heavy atom. The lowest BCUT2D eigenvalue weighted by molar-refractivity contribution is 0.357. The van der Waals surface area contributed by atoms with E-state index >= 15 is 0 Å². The monoisotopic (exact) mass is 283 g/mol. The second-order valence-electron chi connectivity index (χ2n) is 5.87. The molecule has 0 saturated heterocycles. The third-order valence-electron chi connectivity index (χ3n) is 3.05. The molecule has 4 nitrogen and oxygen atoms in total. The zero-order valence-corrected chi connectivity index (χ0v) is 12.3. The van der Waals surface area contributed by atoms with E-state index in [0.717, 1.165) is 24.3 Å². The molecule has 1 aliphatic rings. The quantitative estimate of drug-likeness (QED) is 0.884. The number of hydrogen-bond acceptors (Lipinski definition) is 4. The minimum absolute atomic E-state index is 0.0219. The van der Waals surface area contributed by atoms with Crippen molar-refractivity contribution in [3.63, 3.8) is 0 Å². The Hall–Kier alpha value is -1.07. The molecule has 1 aromatic carbocycles. The van der Waals surface area contributed by atoms with Crippen molar-refractivity contribution in [3.8, 4) is 5.75 Å². The second-order valence-corrected chi connectivity index (χ2v) is 8.06. The molecule has 0 bridgehead atoms. The van der Waals surface area contributed by atoms with Gasteiger partial charge < -0.3 is 10.5 Å².